The van der Waals surface area contributed by atoms with Gasteiger partial charge in [-0.15, -0.1) is 0 Å². The molecular formula is C23H30FN3O. The first kappa shape index (κ1) is 20.3. The summed E-state index contributed by atoms with van der Waals surface area (Å²) in [7, 11) is 1.83. The number of ether oxygens (including phenoxy) is 1. The van der Waals surface area contributed by atoms with Crippen molar-refractivity contribution in [2.45, 2.75) is 25.9 Å². The summed E-state index contributed by atoms with van der Waals surface area (Å²) in [6.07, 6.45) is 2.93. The number of aliphatic imine (C=N–C) groups is 1. The molecule has 4 nitrogen and oxygen atoms in total. The van der Waals surface area contributed by atoms with Crippen LogP contribution in [0.15, 0.2) is 59.6 Å². The highest BCUT2D eigenvalue weighted by Crippen LogP contribution is 2.17. The van der Waals surface area contributed by atoms with E-state index in [9.17, 15) is 4.39 Å². The molecule has 0 aliphatic carbocycles. The number of likely N-dealkylation sites (tertiary alicyclic amines) is 1. The van der Waals surface area contributed by atoms with Crippen molar-refractivity contribution in [2.24, 2.45) is 10.9 Å². The van der Waals surface area contributed by atoms with Gasteiger partial charge in [-0.1, -0.05) is 42.5 Å². The Balaban J connectivity index is 1.34. The molecular weight excluding hydrogens is 353 g/mol. The average molecular weight is 384 g/mol. The predicted octanol–water partition coefficient (Wildman–Crippen LogP) is 3.87. The molecule has 1 aliphatic rings. The Kier molecular flexibility index (Phi) is 7.85. The monoisotopic (exact) mass is 383 g/mol. The van der Waals surface area contributed by atoms with Crippen LogP contribution in [-0.4, -0.2) is 44.1 Å². The van der Waals surface area contributed by atoms with Crippen molar-refractivity contribution in [3.8, 4) is 0 Å². The maximum absolute atomic E-state index is 13.2. The number of nitrogens with one attached hydrogen (secondary N) is 1. The van der Waals surface area contributed by atoms with Gasteiger partial charge in [-0.25, -0.2) is 4.39 Å². The first-order chi connectivity index (χ1) is 13.7. The van der Waals surface area contributed by atoms with E-state index in [1.165, 1.54) is 11.6 Å². The first-order valence-corrected chi connectivity index (χ1v) is 10.1. The average Bonchev–Trinajstić information content (AvgIpc) is 3.17. The van der Waals surface area contributed by atoms with Gasteiger partial charge >= 0.3 is 0 Å². The summed E-state index contributed by atoms with van der Waals surface area (Å²) < 4.78 is 19.1. The molecule has 1 fully saturated rings. The van der Waals surface area contributed by atoms with Crippen molar-refractivity contribution in [3.05, 3.63) is 71.5 Å². The second-order valence-corrected chi connectivity index (χ2v) is 7.31. The van der Waals surface area contributed by atoms with E-state index in [4.69, 9.17) is 4.74 Å². The molecule has 3 rings (SSSR count). The highest BCUT2D eigenvalue weighted by atomic mass is 19.1. The molecule has 150 valence electrons. The Morgan fingerprint density at radius 1 is 1.18 bits per heavy atom. The first-order valence-electron chi connectivity index (χ1n) is 10.1. The van der Waals surface area contributed by atoms with Crippen molar-refractivity contribution in [3.63, 3.8) is 0 Å². The summed E-state index contributed by atoms with van der Waals surface area (Å²) in [5.74, 6) is 1.32. The predicted molar refractivity (Wildman–Crippen MR) is 112 cm³/mol. The van der Waals surface area contributed by atoms with Gasteiger partial charge in [0.1, 0.15) is 5.82 Å². The summed E-state index contributed by atoms with van der Waals surface area (Å²) in [5.41, 5.74) is 2.25. The van der Waals surface area contributed by atoms with Crippen molar-refractivity contribution in [1.82, 2.24) is 10.2 Å². The van der Waals surface area contributed by atoms with Crippen LogP contribution in [0.3, 0.4) is 0 Å². The molecule has 1 N–H and O–H groups in total. The smallest absolute Gasteiger partial charge is 0.193 e. The lowest BCUT2D eigenvalue weighted by molar-refractivity contribution is 0.0907. The minimum Gasteiger partial charge on any atom is -0.376 e. The highest BCUT2D eigenvalue weighted by Gasteiger charge is 2.24. The quantitative estimate of drug-likeness (QED) is 0.427. The van der Waals surface area contributed by atoms with Crippen LogP contribution < -0.4 is 5.32 Å². The van der Waals surface area contributed by atoms with Gasteiger partial charge in [0, 0.05) is 32.6 Å². The van der Waals surface area contributed by atoms with E-state index in [1.807, 2.05) is 31.3 Å². The van der Waals surface area contributed by atoms with E-state index < -0.39 is 0 Å². The van der Waals surface area contributed by atoms with Crippen LogP contribution in [0.25, 0.3) is 0 Å². The van der Waals surface area contributed by atoms with Crippen LogP contribution in [0, 0.1) is 11.7 Å². The lowest BCUT2D eigenvalue weighted by atomic mass is 10.1. The third-order valence-electron chi connectivity index (χ3n) is 5.08. The van der Waals surface area contributed by atoms with E-state index in [0.717, 1.165) is 57.0 Å². The molecule has 0 amide bonds. The largest absolute Gasteiger partial charge is 0.376 e. The molecule has 1 unspecified atom stereocenters. The zero-order valence-corrected chi connectivity index (χ0v) is 16.6. The third kappa shape index (κ3) is 6.34. The molecule has 2 aromatic carbocycles. The van der Waals surface area contributed by atoms with Crippen molar-refractivity contribution in [1.29, 1.82) is 0 Å². The number of hydrogen-bond acceptors (Lipinski definition) is 2. The Hall–Kier alpha value is -2.40. The Morgan fingerprint density at radius 2 is 2.00 bits per heavy atom. The van der Waals surface area contributed by atoms with Gasteiger partial charge < -0.3 is 15.0 Å². The van der Waals surface area contributed by atoms with Crippen molar-refractivity contribution in [2.75, 3.05) is 33.3 Å². The van der Waals surface area contributed by atoms with Gasteiger partial charge in [0.25, 0.3) is 0 Å². The molecule has 5 heteroatoms. The number of nitrogens with zero attached hydrogens (tertiary/aromatic N) is 2. The van der Waals surface area contributed by atoms with Gasteiger partial charge in [-0.3, -0.25) is 4.99 Å². The van der Waals surface area contributed by atoms with Gasteiger partial charge in [-0.05, 0) is 42.5 Å². The normalized spacial score (nSPS) is 17.1. The lowest BCUT2D eigenvalue weighted by Crippen LogP contribution is -2.40. The second kappa shape index (κ2) is 10.8. The zero-order chi connectivity index (χ0) is 19.6. The van der Waals surface area contributed by atoms with E-state index >= 15 is 0 Å². The standard InChI is InChI=1S/C23H30FN3O/c1-25-23(26-13-6-10-19-9-5-11-22(24)15-19)27-14-12-21(16-27)18-28-17-20-7-3-2-4-8-20/h2-5,7-9,11,15,21H,6,10,12-14,16-18H2,1H3,(H,25,26). The van der Waals surface area contributed by atoms with E-state index in [-0.39, 0.29) is 5.82 Å². The molecule has 0 bridgehead atoms. The Bertz CT molecular complexity index is 751. The highest BCUT2D eigenvalue weighted by molar-refractivity contribution is 5.80. The second-order valence-electron chi connectivity index (χ2n) is 7.31. The van der Waals surface area contributed by atoms with Crippen LogP contribution in [0.5, 0.6) is 0 Å². The van der Waals surface area contributed by atoms with Gasteiger partial charge in [0.05, 0.1) is 13.2 Å². The zero-order valence-electron chi connectivity index (χ0n) is 16.6. The van der Waals surface area contributed by atoms with E-state index in [0.29, 0.717) is 12.5 Å². The van der Waals surface area contributed by atoms with Crippen LogP contribution in [0.4, 0.5) is 4.39 Å². The van der Waals surface area contributed by atoms with E-state index in [1.54, 1.807) is 12.1 Å². The molecule has 0 spiro atoms. The molecule has 2 aromatic rings. The maximum atomic E-state index is 13.2. The lowest BCUT2D eigenvalue weighted by Gasteiger charge is -2.21. The maximum Gasteiger partial charge on any atom is 0.193 e. The fourth-order valence-corrected chi connectivity index (χ4v) is 3.60. The van der Waals surface area contributed by atoms with Crippen LogP contribution in [0.2, 0.25) is 0 Å². The number of halogens is 1. The molecule has 1 atom stereocenters. The molecule has 0 aromatic heterocycles. The molecule has 1 saturated heterocycles. The molecule has 0 saturated carbocycles. The summed E-state index contributed by atoms with van der Waals surface area (Å²) in [6, 6.07) is 17.1. The molecule has 0 radical (unpaired) electrons. The Labute approximate surface area is 167 Å². The molecule has 1 heterocycles. The number of guanidine groups is 1. The van der Waals surface area contributed by atoms with Gasteiger partial charge in [-0.2, -0.15) is 0 Å². The number of aryl methyl sites for hydroxylation is 1. The third-order valence-corrected chi connectivity index (χ3v) is 5.08. The van der Waals surface area contributed by atoms with Crippen molar-refractivity contribution < 1.29 is 9.13 Å². The van der Waals surface area contributed by atoms with Crippen LogP contribution in [-0.2, 0) is 17.8 Å². The number of rotatable bonds is 8. The minimum atomic E-state index is -0.168. The fraction of sp³-hybridized carbons (Fsp3) is 0.435. The summed E-state index contributed by atoms with van der Waals surface area (Å²) in [6.45, 7) is 4.25. The minimum absolute atomic E-state index is 0.168. The molecule has 28 heavy (non-hydrogen) atoms. The fourth-order valence-electron chi connectivity index (χ4n) is 3.60. The van der Waals surface area contributed by atoms with Crippen LogP contribution in [0.1, 0.15) is 24.0 Å². The van der Waals surface area contributed by atoms with E-state index in [2.05, 4.69) is 27.3 Å². The summed E-state index contributed by atoms with van der Waals surface area (Å²) in [5, 5.41) is 3.44. The van der Waals surface area contributed by atoms with Crippen molar-refractivity contribution >= 4 is 5.96 Å². The van der Waals surface area contributed by atoms with Gasteiger partial charge in [0.15, 0.2) is 5.96 Å². The summed E-state index contributed by atoms with van der Waals surface area (Å²) >= 11 is 0. The Morgan fingerprint density at radius 3 is 2.79 bits per heavy atom. The topological polar surface area (TPSA) is 36.9 Å². The molecule has 1 aliphatic heterocycles. The summed E-state index contributed by atoms with van der Waals surface area (Å²) in [4.78, 5) is 6.73. The number of hydrogen-bond donors (Lipinski definition) is 1. The van der Waals surface area contributed by atoms with Crippen LogP contribution >= 0.6 is 0 Å². The number of benzene rings is 2. The van der Waals surface area contributed by atoms with Gasteiger partial charge in [0.2, 0.25) is 0 Å². The SMILES string of the molecule is CN=C(NCCCc1cccc(F)c1)N1CCC(COCc2ccccc2)C1.